The first-order chi connectivity index (χ1) is 21.7. The van der Waals surface area contributed by atoms with Gasteiger partial charge in [0.25, 0.3) is 0 Å². The summed E-state index contributed by atoms with van der Waals surface area (Å²) in [6.07, 6.45) is 2.31. The van der Waals surface area contributed by atoms with Gasteiger partial charge in [0, 0.05) is 30.7 Å². The number of nitrogens with zero attached hydrogens (tertiary/aromatic N) is 4. The zero-order valence-corrected chi connectivity index (χ0v) is 24.1. The van der Waals surface area contributed by atoms with Crippen LogP contribution in [0.15, 0.2) is 66.7 Å². The maximum Gasteiger partial charge on any atom is 0.335 e. The van der Waals surface area contributed by atoms with Crippen LogP contribution in [0.3, 0.4) is 0 Å². The molecule has 0 spiro atoms. The number of rotatable bonds is 9. The van der Waals surface area contributed by atoms with Crippen molar-refractivity contribution in [2.75, 3.05) is 7.11 Å². The molecular weight excluding hydrogens is 585 g/mol. The Morgan fingerprint density at radius 3 is 2.58 bits per heavy atom. The third-order valence-electron chi connectivity index (χ3n) is 8.10. The lowest BCUT2D eigenvalue weighted by Gasteiger charge is -2.23. The van der Waals surface area contributed by atoms with Crippen LogP contribution in [0.1, 0.15) is 58.2 Å². The average molecular weight is 613 g/mol. The van der Waals surface area contributed by atoms with Crippen molar-refractivity contribution in [2.45, 2.75) is 44.4 Å². The highest BCUT2D eigenvalue weighted by Crippen LogP contribution is 2.37. The van der Waals surface area contributed by atoms with E-state index in [-0.39, 0.29) is 64.6 Å². The molecule has 0 radical (unpaired) electrons. The molecule has 228 valence electrons. The van der Waals surface area contributed by atoms with Crippen LogP contribution in [-0.4, -0.2) is 38.8 Å². The highest BCUT2D eigenvalue weighted by Gasteiger charge is 2.32. The summed E-state index contributed by atoms with van der Waals surface area (Å²) in [4.78, 5) is 20.7. The smallest absolute Gasteiger partial charge is 0.335 e. The lowest BCUT2D eigenvalue weighted by Crippen LogP contribution is -2.22. The topological polar surface area (TPSA) is 110 Å². The van der Waals surface area contributed by atoms with Gasteiger partial charge in [0.15, 0.2) is 0 Å². The van der Waals surface area contributed by atoms with Crippen molar-refractivity contribution in [3.63, 3.8) is 0 Å². The minimum Gasteiger partial charge on any atom is -0.478 e. The van der Waals surface area contributed by atoms with Gasteiger partial charge in [-0.15, -0.1) is 0 Å². The molecule has 0 amide bonds. The van der Waals surface area contributed by atoms with Crippen molar-refractivity contribution in [3.05, 3.63) is 112 Å². The number of benzene rings is 3. The zero-order chi connectivity index (χ0) is 31.7. The molecule has 2 aromatic heterocycles. The molecule has 5 aromatic rings. The molecule has 1 aliphatic rings. The van der Waals surface area contributed by atoms with Crippen molar-refractivity contribution in [3.8, 4) is 23.2 Å². The number of aromatic nitrogens is 3. The van der Waals surface area contributed by atoms with Crippen molar-refractivity contribution in [1.82, 2.24) is 14.5 Å². The Labute approximate surface area is 256 Å². The van der Waals surface area contributed by atoms with Gasteiger partial charge in [-0.3, -0.25) is 0 Å². The van der Waals surface area contributed by atoms with Gasteiger partial charge in [0.05, 0.1) is 46.1 Å². The zero-order valence-electron chi connectivity index (χ0n) is 24.1. The lowest BCUT2D eigenvalue weighted by molar-refractivity contribution is 0.0697. The molecule has 0 unspecified atom stereocenters. The van der Waals surface area contributed by atoms with E-state index < -0.39 is 23.4 Å². The molecule has 3 aromatic carbocycles. The van der Waals surface area contributed by atoms with E-state index in [0.717, 1.165) is 37.5 Å². The predicted molar refractivity (Wildman–Crippen MR) is 158 cm³/mol. The maximum atomic E-state index is 15.6. The first kappa shape index (κ1) is 29.8. The predicted octanol–water partition coefficient (Wildman–Crippen LogP) is 7.00. The highest BCUT2D eigenvalue weighted by molar-refractivity contribution is 5.92. The van der Waals surface area contributed by atoms with Crippen LogP contribution in [0, 0.1) is 28.8 Å². The molecule has 2 atom stereocenters. The van der Waals surface area contributed by atoms with E-state index in [1.165, 1.54) is 30.3 Å². The van der Waals surface area contributed by atoms with Gasteiger partial charge in [-0.25, -0.2) is 27.9 Å². The number of ether oxygens (including phenoxy) is 2. The number of carbonyl (C=O) groups is 1. The third-order valence-corrected chi connectivity index (χ3v) is 8.10. The molecular formula is C34H27F3N4O4. The van der Waals surface area contributed by atoms with Crippen LogP contribution in [0.25, 0.3) is 22.3 Å². The summed E-state index contributed by atoms with van der Waals surface area (Å²) < 4.78 is 58.7. The Morgan fingerprint density at radius 1 is 1.00 bits per heavy atom. The van der Waals surface area contributed by atoms with Gasteiger partial charge in [-0.1, -0.05) is 12.1 Å². The average Bonchev–Trinajstić information content (AvgIpc) is 3.65. The molecule has 1 fully saturated rings. The van der Waals surface area contributed by atoms with Gasteiger partial charge in [0.2, 0.25) is 5.88 Å². The molecule has 11 heteroatoms. The van der Waals surface area contributed by atoms with Crippen molar-refractivity contribution in [2.24, 2.45) is 0 Å². The fourth-order valence-electron chi connectivity index (χ4n) is 5.87. The fraction of sp³-hybridized carbons (Fsp3) is 0.235. The summed E-state index contributed by atoms with van der Waals surface area (Å²) >= 11 is 0. The van der Waals surface area contributed by atoms with E-state index in [9.17, 15) is 14.3 Å². The molecule has 1 N–H and O–H groups in total. The van der Waals surface area contributed by atoms with Gasteiger partial charge in [-0.05, 0) is 73.4 Å². The minimum absolute atomic E-state index is 0.0419. The van der Waals surface area contributed by atoms with E-state index >= 15 is 8.78 Å². The first-order valence-electron chi connectivity index (χ1n) is 14.3. The number of hydrogen-bond acceptors (Lipinski definition) is 6. The van der Waals surface area contributed by atoms with Crippen LogP contribution in [0.4, 0.5) is 13.2 Å². The highest BCUT2D eigenvalue weighted by atomic mass is 19.1. The normalized spacial score (nSPS) is 16.2. The van der Waals surface area contributed by atoms with Gasteiger partial charge >= 0.3 is 5.97 Å². The Morgan fingerprint density at radius 2 is 1.82 bits per heavy atom. The molecule has 0 aliphatic heterocycles. The number of pyridine rings is 1. The Hall–Kier alpha value is -5.21. The summed E-state index contributed by atoms with van der Waals surface area (Å²) in [6, 6.07) is 17.1. The number of nitriles is 1. The monoisotopic (exact) mass is 612 g/mol. The lowest BCUT2D eigenvalue weighted by atomic mass is 10.0. The summed E-state index contributed by atoms with van der Waals surface area (Å²) in [5, 5.41) is 18.5. The summed E-state index contributed by atoms with van der Waals surface area (Å²) in [6.45, 7) is -0.177. The maximum absolute atomic E-state index is 15.6. The molecule has 1 saturated carbocycles. The van der Waals surface area contributed by atoms with E-state index in [0.29, 0.717) is 16.9 Å². The van der Waals surface area contributed by atoms with E-state index in [1.807, 2.05) is 10.6 Å². The summed E-state index contributed by atoms with van der Waals surface area (Å²) in [7, 11) is 1.62. The second-order valence-electron chi connectivity index (χ2n) is 10.8. The Kier molecular flexibility index (Phi) is 8.24. The van der Waals surface area contributed by atoms with E-state index in [2.05, 4.69) is 4.98 Å². The van der Waals surface area contributed by atoms with Gasteiger partial charge in [0.1, 0.15) is 29.9 Å². The third kappa shape index (κ3) is 5.97. The SMILES string of the molecule is CO[C@@H]1CCC[C@@H]1n1c(Cc2cc(F)c(-c3cccc(OCc4ccc(C#N)cc4F)n3)cc2F)nc2ccc(C(=O)O)cc21. The Balaban J connectivity index is 1.29. The largest absolute Gasteiger partial charge is 0.478 e. The van der Waals surface area contributed by atoms with Crippen LogP contribution in [0.2, 0.25) is 0 Å². The summed E-state index contributed by atoms with van der Waals surface area (Å²) in [5.74, 6) is -2.50. The minimum atomic E-state index is -1.07. The number of carboxylic acids is 1. The van der Waals surface area contributed by atoms with Gasteiger partial charge in [-0.2, -0.15) is 5.26 Å². The van der Waals surface area contributed by atoms with Crippen molar-refractivity contribution < 1.29 is 32.5 Å². The van der Waals surface area contributed by atoms with Crippen molar-refractivity contribution in [1.29, 1.82) is 5.26 Å². The van der Waals surface area contributed by atoms with Crippen LogP contribution in [-0.2, 0) is 17.8 Å². The van der Waals surface area contributed by atoms with Crippen LogP contribution in [0.5, 0.6) is 5.88 Å². The molecule has 45 heavy (non-hydrogen) atoms. The molecule has 8 nitrogen and oxygen atoms in total. The van der Waals surface area contributed by atoms with E-state index in [1.54, 1.807) is 25.3 Å². The molecule has 0 bridgehead atoms. The van der Waals surface area contributed by atoms with Gasteiger partial charge < -0.3 is 19.1 Å². The summed E-state index contributed by atoms with van der Waals surface area (Å²) in [5.41, 5.74) is 1.75. The number of halogens is 3. The Bertz CT molecular complexity index is 1970. The number of fused-ring (bicyclic) bond motifs is 1. The number of methoxy groups -OCH3 is 1. The second kappa shape index (κ2) is 12.4. The standard InChI is InChI=1S/C34H27F3N4O4/c1-44-31-6-3-5-29(31)41-30-14-20(34(42)43)10-11-28(30)39-32(41)15-22-13-26(37)23(16-25(22)36)27-4-2-7-33(40-27)45-18-21-9-8-19(17-38)12-24(21)35/h2,4,7-14,16,29,31H,3,5-6,15,18H2,1H3,(H,42,43)/t29-,31+/m0/s1. The number of imidazole rings is 1. The fourth-order valence-corrected chi connectivity index (χ4v) is 5.87. The molecule has 2 heterocycles. The second-order valence-corrected chi connectivity index (χ2v) is 10.8. The molecule has 0 saturated heterocycles. The van der Waals surface area contributed by atoms with E-state index in [4.69, 9.17) is 19.7 Å². The number of carboxylic acid groups (broad SMARTS) is 1. The van der Waals surface area contributed by atoms with Crippen LogP contribution >= 0.6 is 0 Å². The molecule has 1 aliphatic carbocycles. The van der Waals surface area contributed by atoms with Crippen molar-refractivity contribution >= 4 is 17.0 Å². The number of aromatic carboxylic acids is 1. The quantitative estimate of drug-likeness (QED) is 0.191. The number of hydrogen-bond donors (Lipinski definition) is 1. The molecule has 6 rings (SSSR count). The first-order valence-corrected chi connectivity index (χ1v) is 14.3. The van der Waals surface area contributed by atoms with Crippen LogP contribution < -0.4 is 4.74 Å².